The third-order valence-electron chi connectivity index (χ3n) is 4.58. The van der Waals surface area contributed by atoms with Crippen molar-refractivity contribution >= 4 is 15.9 Å². The second kappa shape index (κ2) is 9.23. The Hall–Kier alpha value is -1.80. The molecule has 0 unspecified atom stereocenters. The summed E-state index contributed by atoms with van der Waals surface area (Å²) >= 11 is 0. The van der Waals surface area contributed by atoms with Gasteiger partial charge >= 0.3 is 0 Å². The predicted octanol–water partition coefficient (Wildman–Crippen LogP) is 1.91. The van der Waals surface area contributed by atoms with Gasteiger partial charge in [-0.25, -0.2) is 8.42 Å². The van der Waals surface area contributed by atoms with Crippen molar-refractivity contribution in [2.24, 2.45) is 0 Å². The summed E-state index contributed by atoms with van der Waals surface area (Å²) in [5, 5.41) is 2.99. The lowest BCUT2D eigenvalue weighted by Gasteiger charge is -2.21. The molecule has 1 aliphatic carbocycles. The normalized spacial score (nSPS) is 15.2. The van der Waals surface area contributed by atoms with Gasteiger partial charge in [0.15, 0.2) is 11.5 Å². The van der Waals surface area contributed by atoms with Crippen molar-refractivity contribution in [3.63, 3.8) is 0 Å². The molecule has 0 radical (unpaired) electrons. The molecule has 0 atom stereocenters. The van der Waals surface area contributed by atoms with E-state index in [4.69, 9.17) is 9.47 Å². The maximum atomic E-state index is 12.1. The van der Waals surface area contributed by atoms with Crippen molar-refractivity contribution in [3.8, 4) is 11.5 Å². The minimum Gasteiger partial charge on any atom is -0.493 e. The number of benzene rings is 1. The number of carbonyl (C=O) groups is 1. The topological polar surface area (TPSA) is 84.9 Å². The molecule has 0 aromatic heterocycles. The van der Waals surface area contributed by atoms with Crippen LogP contribution in [0, 0.1) is 0 Å². The van der Waals surface area contributed by atoms with Crippen LogP contribution < -0.4 is 14.8 Å². The van der Waals surface area contributed by atoms with Crippen LogP contribution in [0.3, 0.4) is 0 Å². The summed E-state index contributed by atoms with van der Waals surface area (Å²) < 4.78 is 36.0. The third-order valence-corrected chi connectivity index (χ3v) is 5.83. The van der Waals surface area contributed by atoms with Crippen molar-refractivity contribution in [2.75, 3.05) is 27.0 Å². The molecule has 146 valence electrons. The molecule has 0 heterocycles. The predicted molar refractivity (Wildman–Crippen MR) is 99.8 cm³/mol. The van der Waals surface area contributed by atoms with Gasteiger partial charge in [0.1, 0.15) is 0 Å². The highest BCUT2D eigenvalue weighted by atomic mass is 32.2. The second-order valence-corrected chi connectivity index (χ2v) is 8.57. The van der Waals surface area contributed by atoms with Gasteiger partial charge < -0.3 is 14.8 Å². The minimum atomic E-state index is -3.44. The summed E-state index contributed by atoms with van der Waals surface area (Å²) in [4.78, 5) is 12.1. The molecule has 0 bridgehead atoms. The summed E-state index contributed by atoms with van der Waals surface area (Å²) in [5.74, 6) is 1.02. The average molecular weight is 384 g/mol. The number of carbonyl (C=O) groups excluding carboxylic acids is 1. The molecule has 2 rings (SSSR count). The first kappa shape index (κ1) is 20.5. The number of nitrogens with zero attached hydrogens (tertiary/aromatic N) is 1. The summed E-state index contributed by atoms with van der Waals surface area (Å²) in [6.45, 7) is 0.321. The Morgan fingerprint density at radius 1 is 1.19 bits per heavy atom. The zero-order chi connectivity index (χ0) is 19.2. The van der Waals surface area contributed by atoms with E-state index in [1.165, 1.54) is 11.4 Å². The van der Waals surface area contributed by atoms with Crippen molar-refractivity contribution in [2.45, 2.75) is 44.7 Å². The van der Waals surface area contributed by atoms with Crippen molar-refractivity contribution < 1.29 is 22.7 Å². The molecule has 0 aliphatic heterocycles. The number of methoxy groups -OCH3 is 2. The monoisotopic (exact) mass is 384 g/mol. The molecular weight excluding hydrogens is 356 g/mol. The van der Waals surface area contributed by atoms with Gasteiger partial charge in [-0.3, -0.25) is 4.79 Å². The number of rotatable bonds is 9. The molecule has 0 saturated heterocycles. The van der Waals surface area contributed by atoms with Crippen LogP contribution in [0.2, 0.25) is 0 Å². The Labute approximate surface area is 155 Å². The Morgan fingerprint density at radius 2 is 1.85 bits per heavy atom. The molecule has 0 spiro atoms. The van der Waals surface area contributed by atoms with E-state index in [1.807, 2.05) is 0 Å². The average Bonchev–Trinajstić information content (AvgIpc) is 3.10. The Bertz CT molecular complexity index is 714. The molecule has 7 nitrogen and oxygen atoms in total. The number of hydrogen-bond acceptors (Lipinski definition) is 5. The lowest BCUT2D eigenvalue weighted by molar-refractivity contribution is -0.121. The highest BCUT2D eigenvalue weighted by Crippen LogP contribution is 2.28. The molecule has 1 amide bonds. The van der Waals surface area contributed by atoms with Crippen LogP contribution in [0.25, 0.3) is 0 Å². The quantitative estimate of drug-likeness (QED) is 0.703. The molecule has 1 N–H and O–H groups in total. The van der Waals surface area contributed by atoms with Crippen molar-refractivity contribution in [1.29, 1.82) is 0 Å². The fraction of sp³-hybridized carbons (Fsp3) is 0.611. The number of amides is 1. The summed E-state index contributed by atoms with van der Waals surface area (Å²) in [6, 6.07) is 5.51. The number of nitrogens with one attached hydrogen (secondary N) is 1. The largest absolute Gasteiger partial charge is 0.493 e. The fourth-order valence-corrected chi connectivity index (χ4v) is 3.95. The van der Waals surface area contributed by atoms with Crippen LogP contribution >= 0.6 is 0 Å². The second-order valence-electron chi connectivity index (χ2n) is 6.58. The standard InChI is InChI=1S/C18H28N2O5S/c1-24-16-9-8-14(12-17(16)25-2)13-20(26(3,22)23)11-10-18(21)19-15-6-4-5-7-15/h8-9,12,15H,4-7,10-11,13H2,1-3H3,(H,19,21). The van der Waals surface area contributed by atoms with Crippen LogP contribution in [0.1, 0.15) is 37.7 Å². The van der Waals surface area contributed by atoms with E-state index in [0.29, 0.717) is 11.5 Å². The number of ether oxygens (including phenoxy) is 2. The molecule has 1 aromatic carbocycles. The van der Waals surface area contributed by atoms with Crippen LogP contribution in [-0.2, 0) is 21.4 Å². The van der Waals surface area contributed by atoms with E-state index in [-0.39, 0.29) is 31.5 Å². The van der Waals surface area contributed by atoms with Crippen LogP contribution in [-0.4, -0.2) is 51.7 Å². The lowest BCUT2D eigenvalue weighted by atomic mass is 10.2. The Morgan fingerprint density at radius 3 is 2.42 bits per heavy atom. The SMILES string of the molecule is COc1ccc(CN(CCC(=O)NC2CCCC2)S(C)(=O)=O)cc1OC. The molecule has 1 aliphatic rings. The van der Waals surface area contributed by atoms with Crippen LogP contribution in [0.4, 0.5) is 0 Å². The van der Waals surface area contributed by atoms with Gasteiger partial charge in [0.2, 0.25) is 15.9 Å². The number of hydrogen-bond donors (Lipinski definition) is 1. The van der Waals surface area contributed by atoms with Gasteiger partial charge in [-0.15, -0.1) is 0 Å². The van der Waals surface area contributed by atoms with E-state index in [9.17, 15) is 13.2 Å². The first-order chi connectivity index (χ1) is 12.3. The van der Waals surface area contributed by atoms with Gasteiger partial charge in [0.25, 0.3) is 0 Å². The summed E-state index contributed by atoms with van der Waals surface area (Å²) in [5.41, 5.74) is 0.768. The highest BCUT2D eigenvalue weighted by Gasteiger charge is 2.21. The smallest absolute Gasteiger partial charge is 0.221 e. The Balaban J connectivity index is 2.00. The molecule has 1 fully saturated rings. The third kappa shape index (κ3) is 5.88. The van der Waals surface area contributed by atoms with Crippen LogP contribution in [0.5, 0.6) is 11.5 Å². The lowest BCUT2D eigenvalue weighted by Crippen LogP contribution is -2.37. The van der Waals surface area contributed by atoms with Crippen LogP contribution in [0.15, 0.2) is 18.2 Å². The Kier molecular flexibility index (Phi) is 7.28. The molecule has 8 heteroatoms. The zero-order valence-corrected chi connectivity index (χ0v) is 16.5. The first-order valence-corrected chi connectivity index (χ1v) is 10.6. The number of sulfonamides is 1. The summed E-state index contributed by atoms with van der Waals surface area (Å²) in [6.07, 6.45) is 5.60. The van der Waals surface area contributed by atoms with Gasteiger partial charge in [-0.05, 0) is 30.5 Å². The maximum Gasteiger partial charge on any atom is 0.221 e. The van der Waals surface area contributed by atoms with Gasteiger partial charge in [-0.1, -0.05) is 18.9 Å². The molecule has 1 saturated carbocycles. The van der Waals surface area contributed by atoms with E-state index < -0.39 is 10.0 Å². The van der Waals surface area contributed by atoms with E-state index in [1.54, 1.807) is 25.3 Å². The van der Waals surface area contributed by atoms with Gasteiger partial charge in [0.05, 0.1) is 20.5 Å². The molecule has 26 heavy (non-hydrogen) atoms. The molecule has 1 aromatic rings. The van der Waals surface area contributed by atoms with E-state index in [2.05, 4.69) is 5.32 Å². The minimum absolute atomic E-state index is 0.0992. The van der Waals surface area contributed by atoms with Gasteiger partial charge in [-0.2, -0.15) is 4.31 Å². The van der Waals surface area contributed by atoms with E-state index in [0.717, 1.165) is 37.5 Å². The molecular formula is C18H28N2O5S. The van der Waals surface area contributed by atoms with Crippen molar-refractivity contribution in [1.82, 2.24) is 9.62 Å². The maximum absolute atomic E-state index is 12.1. The van der Waals surface area contributed by atoms with Gasteiger partial charge in [0, 0.05) is 25.6 Å². The van der Waals surface area contributed by atoms with E-state index >= 15 is 0 Å². The zero-order valence-electron chi connectivity index (χ0n) is 15.7. The summed E-state index contributed by atoms with van der Waals surface area (Å²) in [7, 11) is -0.364. The van der Waals surface area contributed by atoms with Crippen molar-refractivity contribution in [3.05, 3.63) is 23.8 Å². The highest BCUT2D eigenvalue weighted by molar-refractivity contribution is 7.88. The first-order valence-electron chi connectivity index (χ1n) is 8.79. The fourth-order valence-electron chi connectivity index (χ4n) is 3.14.